The maximum absolute atomic E-state index is 9.53. The Hall–Kier alpha value is -4.33. The molecule has 0 bridgehead atoms. The van der Waals surface area contributed by atoms with Gasteiger partial charge in [0, 0.05) is 17.4 Å². The van der Waals surface area contributed by atoms with Crippen molar-refractivity contribution in [3.63, 3.8) is 0 Å². The number of hydrogen-bond donors (Lipinski definition) is 1. The summed E-state index contributed by atoms with van der Waals surface area (Å²) >= 11 is 6.19. The summed E-state index contributed by atoms with van der Waals surface area (Å²) in [6.45, 7) is 3.71. The van der Waals surface area contributed by atoms with Crippen molar-refractivity contribution >= 4 is 35.6 Å². The number of allylic oxidation sites excluding steroid dienone is 6. The van der Waals surface area contributed by atoms with E-state index in [0.717, 1.165) is 17.6 Å². The predicted octanol–water partition coefficient (Wildman–Crippen LogP) is 7.27. The molecule has 0 fully saturated rings. The van der Waals surface area contributed by atoms with Gasteiger partial charge in [-0.25, -0.2) is 9.98 Å². The third-order valence-electron chi connectivity index (χ3n) is 4.76. The molecule has 4 nitrogen and oxygen atoms in total. The zero-order chi connectivity index (χ0) is 24.2. The average Bonchev–Trinajstić information content (AvgIpc) is 3.14. The highest BCUT2D eigenvalue weighted by Crippen LogP contribution is 2.22. The van der Waals surface area contributed by atoms with Gasteiger partial charge in [-0.05, 0) is 29.7 Å². The molecule has 34 heavy (non-hydrogen) atoms. The quantitative estimate of drug-likeness (QED) is 0.273. The number of amidine groups is 2. The van der Waals surface area contributed by atoms with Crippen LogP contribution in [0.4, 0.5) is 0 Å². The molecule has 5 heteroatoms. The van der Waals surface area contributed by atoms with Gasteiger partial charge in [0.05, 0.1) is 10.6 Å². The molecule has 0 aliphatic heterocycles. The van der Waals surface area contributed by atoms with Gasteiger partial charge in [-0.15, -0.1) is 0 Å². The Morgan fingerprint density at radius 1 is 1.12 bits per heavy atom. The fraction of sp³-hybridized carbons (Fsp3) is 0.0345. The number of aliphatic imine (C=N–C) groups is 2. The van der Waals surface area contributed by atoms with Gasteiger partial charge in [0.1, 0.15) is 6.07 Å². The molecule has 0 spiro atoms. The van der Waals surface area contributed by atoms with Crippen LogP contribution in [0.3, 0.4) is 0 Å². The van der Waals surface area contributed by atoms with Crippen molar-refractivity contribution in [1.29, 1.82) is 10.7 Å². The molecule has 2 aromatic rings. The Morgan fingerprint density at radius 2 is 1.94 bits per heavy atom. The van der Waals surface area contributed by atoms with Crippen LogP contribution in [0.15, 0.2) is 125 Å². The van der Waals surface area contributed by atoms with Crippen molar-refractivity contribution in [2.45, 2.75) is 6.42 Å². The van der Waals surface area contributed by atoms with Crippen molar-refractivity contribution in [1.82, 2.24) is 0 Å². The zero-order valence-corrected chi connectivity index (χ0v) is 19.3. The van der Waals surface area contributed by atoms with E-state index in [9.17, 15) is 5.26 Å². The molecule has 0 saturated carbocycles. The summed E-state index contributed by atoms with van der Waals surface area (Å²) in [5.41, 5.74) is 3.17. The molecule has 2 aromatic carbocycles. The second-order valence-corrected chi connectivity index (χ2v) is 7.55. The van der Waals surface area contributed by atoms with Crippen LogP contribution in [0.25, 0.3) is 6.08 Å². The van der Waals surface area contributed by atoms with E-state index in [0.29, 0.717) is 27.6 Å². The van der Waals surface area contributed by atoms with Crippen LogP contribution in [0.5, 0.6) is 0 Å². The lowest BCUT2D eigenvalue weighted by Crippen LogP contribution is -2.05. The predicted molar refractivity (Wildman–Crippen MR) is 144 cm³/mol. The summed E-state index contributed by atoms with van der Waals surface area (Å²) in [6, 6.07) is 17.1. The highest BCUT2D eigenvalue weighted by molar-refractivity contribution is 6.32. The van der Waals surface area contributed by atoms with Gasteiger partial charge in [-0.1, -0.05) is 109 Å². The number of nitrogens with one attached hydrogen (secondary N) is 1. The van der Waals surface area contributed by atoms with Crippen molar-refractivity contribution in [2.75, 3.05) is 0 Å². The van der Waals surface area contributed by atoms with E-state index in [2.05, 4.69) is 22.6 Å². The largest absolute Gasteiger partial charge is 0.282 e. The van der Waals surface area contributed by atoms with Crippen molar-refractivity contribution in [2.24, 2.45) is 9.98 Å². The van der Waals surface area contributed by atoms with Crippen molar-refractivity contribution < 1.29 is 0 Å². The molecule has 0 aromatic heterocycles. The molecule has 0 amide bonds. The summed E-state index contributed by atoms with van der Waals surface area (Å²) in [4.78, 5) is 9.18. The number of halogens is 1. The molecule has 0 heterocycles. The lowest BCUT2D eigenvalue weighted by molar-refractivity contribution is 1.37. The third kappa shape index (κ3) is 6.83. The van der Waals surface area contributed by atoms with Crippen LogP contribution in [0.1, 0.15) is 23.1 Å². The standard InChI is InChI=1S/C29H23ClN4/c1-2-3-14-25(19-24-17-11-18-27(30)26(24)20-31)28(32)34-29(23-15-9-4-5-10-16-23)33-21-22-12-7-6-8-13-22/h2-9,11-19,21,32H,1,10H2/b14-3-,25-19-,32-28?,33-21+,34-29-. The maximum Gasteiger partial charge on any atom is 0.161 e. The molecule has 0 saturated heterocycles. The highest BCUT2D eigenvalue weighted by atomic mass is 35.5. The number of rotatable bonds is 6. The minimum Gasteiger partial charge on any atom is -0.282 e. The van der Waals surface area contributed by atoms with Crippen LogP contribution in [-0.2, 0) is 0 Å². The normalized spacial score (nSPS) is 14.2. The van der Waals surface area contributed by atoms with Crippen LogP contribution >= 0.6 is 11.6 Å². The van der Waals surface area contributed by atoms with Crippen LogP contribution < -0.4 is 0 Å². The van der Waals surface area contributed by atoms with Crippen LogP contribution in [0, 0.1) is 16.7 Å². The average molecular weight is 463 g/mol. The van der Waals surface area contributed by atoms with Gasteiger partial charge in [0.15, 0.2) is 11.7 Å². The van der Waals surface area contributed by atoms with E-state index in [1.54, 1.807) is 48.7 Å². The first-order valence-corrected chi connectivity index (χ1v) is 11.0. The first kappa shape index (κ1) is 24.3. The molecular weight excluding hydrogens is 440 g/mol. The number of nitrogens with zero attached hydrogens (tertiary/aromatic N) is 3. The van der Waals surface area contributed by atoms with Gasteiger partial charge in [0.25, 0.3) is 0 Å². The lowest BCUT2D eigenvalue weighted by Gasteiger charge is -2.07. The Morgan fingerprint density at radius 3 is 2.71 bits per heavy atom. The first-order valence-electron chi connectivity index (χ1n) is 10.6. The Labute approximate surface area is 205 Å². The minimum absolute atomic E-state index is 0.00585. The third-order valence-corrected chi connectivity index (χ3v) is 5.08. The SMILES string of the molecule is C=C/C=C\C(=C\c1cccc(Cl)c1C#N)C(=N)/N=C(\N=C\c1ccccc1)C1=CCC=CC=C1. The molecule has 0 atom stereocenters. The topological polar surface area (TPSA) is 72.4 Å². The van der Waals surface area contributed by atoms with E-state index in [1.807, 2.05) is 60.7 Å². The van der Waals surface area contributed by atoms with Crippen LogP contribution in [-0.4, -0.2) is 17.9 Å². The summed E-state index contributed by atoms with van der Waals surface area (Å²) in [5.74, 6) is 0.409. The molecule has 3 rings (SSSR count). The molecular formula is C29H23ClN4. The summed E-state index contributed by atoms with van der Waals surface area (Å²) in [6.07, 6.45) is 19.1. The minimum atomic E-state index is -0.00585. The van der Waals surface area contributed by atoms with E-state index < -0.39 is 0 Å². The molecule has 0 unspecified atom stereocenters. The molecule has 1 aliphatic rings. The van der Waals surface area contributed by atoms with E-state index in [-0.39, 0.29) is 5.84 Å². The van der Waals surface area contributed by atoms with Gasteiger partial charge in [-0.2, -0.15) is 5.26 Å². The summed E-state index contributed by atoms with van der Waals surface area (Å²) < 4.78 is 0. The van der Waals surface area contributed by atoms with E-state index in [1.165, 1.54) is 0 Å². The van der Waals surface area contributed by atoms with E-state index >= 15 is 0 Å². The van der Waals surface area contributed by atoms with Gasteiger partial charge in [0.2, 0.25) is 0 Å². The van der Waals surface area contributed by atoms with Crippen LogP contribution in [0.2, 0.25) is 5.02 Å². The van der Waals surface area contributed by atoms with Crippen molar-refractivity contribution in [3.05, 3.63) is 137 Å². The second kappa shape index (κ2) is 12.6. The van der Waals surface area contributed by atoms with Crippen molar-refractivity contribution in [3.8, 4) is 6.07 Å². The molecule has 1 N–H and O–H groups in total. The van der Waals surface area contributed by atoms with E-state index in [4.69, 9.17) is 17.0 Å². The van der Waals surface area contributed by atoms with Gasteiger partial charge in [-0.3, -0.25) is 5.41 Å². The first-order chi connectivity index (χ1) is 16.6. The number of hydrogen-bond acceptors (Lipinski definition) is 2. The molecule has 166 valence electrons. The number of benzene rings is 2. The Balaban J connectivity index is 2.07. The zero-order valence-electron chi connectivity index (χ0n) is 18.5. The Kier molecular flexibility index (Phi) is 9.04. The highest BCUT2D eigenvalue weighted by Gasteiger charge is 2.10. The molecule has 1 aliphatic carbocycles. The molecule has 0 radical (unpaired) electrons. The lowest BCUT2D eigenvalue weighted by atomic mass is 10.0. The maximum atomic E-state index is 9.53. The monoisotopic (exact) mass is 462 g/mol. The fourth-order valence-electron chi connectivity index (χ4n) is 3.07. The second-order valence-electron chi connectivity index (χ2n) is 7.15. The van der Waals surface area contributed by atoms with Gasteiger partial charge < -0.3 is 0 Å². The summed E-state index contributed by atoms with van der Waals surface area (Å²) in [7, 11) is 0. The van der Waals surface area contributed by atoms with Gasteiger partial charge >= 0.3 is 0 Å². The smallest absolute Gasteiger partial charge is 0.161 e. The summed E-state index contributed by atoms with van der Waals surface area (Å²) in [5, 5.41) is 18.6. The number of nitriles is 1. The Bertz CT molecular complexity index is 1310. The fourth-order valence-corrected chi connectivity index (χ4v) is 3.30.